The van der Waals surface area contributed by atoms with Crippen molar-refractivity contribution in [2.75, 3.05) is 0 Å². The molecule has 0 bridgehead atoms. The molecule has 0 spiro atoms. The third-order valence-electron chi connectivity index (χ3n) is 4.23. The van der Waals surface area contributed by atoms with Gasteiger partial charge in [-0.2, -0.15) is 9.36 Å². The molecule has 0 unspecified atom stereocenters. The lowest BCUT2D eigenvalue weighted by atomic mass is 10.1. The van der Waals surface area contributed by atoms with Crippen LogP contribution in [-0.4, -0.2) is 24.8 Å². The van der Waals surface area contributed by atoms with Gasteiger partial charge in [0.15, 0.2) is 0 Å². The van der Waals surface area contributed by atoms with Crippen molar-refractivity contribution in [1.82, 2.24) is 24.8 Å². The van der Waals surface area contributed by atoms with Crippen LogP contribution in [0.3, 0.4) is 0 Å². The SMILES string of the molecule is Cc1cccc(-n2nnn(C)c2=O)c1CSc1nc(-c2ccccc2)co1. The summed E-state index contributed by atoms with van der Waals surface area (Å²) in [5.74, 6) is 0.597. The van der Waals surface area contributed by atoms with E-state index in [0.717, 1.165) is 28.1 Å². The van der Waals surface area contributed by atoms with Gasteiger partial charge in [-0.05, 0) is 34.5 Å². The van der Waals surface area contributed by atoms with Gasteiger partial charge in [0.05, 0.1) is 5.69 Å². The molecule has 0 saturated carbocycles. The maximum absolute atomic E-state index is 12.2. The van der Waals surface area contributed by atoms with Crippen molar-refractivity contribution >= 4 is 11.8 Å². The Morgan fingerprint density at radius 2 is 1.89 bits per heavy atom. The number of oxazole rings is 1. The second-order valence-corrected chi connectivity index (χ2v) is 6.95. The van der Waals surface area contributed by atoms with Crippen LogP contribution >= 0.6 is 11.8 Å². The van der Waals surface area contributed by atoms with Gasteiger partial charge in [0, 0.05) is 18.4 Å². The number of thioether (sulfide) groups is 1. The number of aromatic nitrogens is 5. The first-order valence-electron chi connectivity index (χ1n) is 8.35. The van der Waals surface area contributed by atoms with Crippen LogP contribution in [0.2, 0.25) is 0 Å². The molecule has 2 heterocycles. The molecule has 7 nitrogen and oxygen atoms in total. The molecule has 136 valence electrons. The average Bonchev–Trinajstić information content (AvgIpc) is 3.29. The summed E-state index contributed by atoms with van der Waals surface area (Å²) in [6, 6.07) is 15.7. The van der Waals surface area contributed by atoms with Crippen LogP contribution in [0, 0.1) is 6.92 Å². The zero-order chi connectivity index (χ0) is 18.8. The van der Waals surface area contributed by atoms with Crippen LogP contribution in [0.25, 0.3) is 16.9 Å². The number of benzene rings is 2. The van der Waals surface area contributed by atoms with Gasteiger partial charge in [-0.25, -0.2) is 9.78 Å². The maximum Gasteiger partial charge on any atom is 0.368 e. The number of rotatable bonds is 5. The monoisotopic (exact) mass is 379 g/mol. The molecule has 0 saturated heterocycles. The Labute approximate surface area is 159 Å². The van der Waals surface area contributed by atoms with Crippen LogP contribution in [0.5, 0.6) is 0 Å². The lowest BCUT2D eigenvalue weighted by Crippen LogP contribution is -2.23. The second-order valence-electron chi connectivity index (χ2n) is 6.02. The van der Waals surface area contributed by atoms with Crippen LogP contribution in [-0.2, 0) is 12.8 Å². The zero-order valence-corrected chi connectivity index (χ0v) is 15.7. The Morgan fingerprint density at radius 1 is 1.07 bits per heavy atom. The lowest BCUT2D eigenvalue weighted by molar-refractivity contribution is 0.454. The Morgan fingerprint density at radius 3 is 2.63 bits per heavy atom. The summed E-state index contributed by atoms with van der Waals surface area (Å²) < 4.78 is 8.13. The summed E-state index contributed by atoms with van der Waals surface area (Å²) in [5, 5.41) is 8.33. The summed E-state index contributed by atoms with van der Waals surface area (Å²) in [5.41, 5.74) is 4.30. The van der Waals surface area contributed by atoms with Crippen LogP contribution in [0.1, 0.15) is 11.1 Å². The molecule has 2 aromatic heterocycles. The first kappa shape index (κ1) is 17.3. The third-order valence-corrected chi connectivity index (χ3v) is 5.10. The van der Waals surface area contributed by atoms with Crippen LogP contribution in [0.15, 0.2) is 69.2 Å². The van der Waals surface area contributed by atoms with Crippen molar-refractivity contribution in [1.29, 1.82) is 0 Å². The summed E-state index contributed by atoms with van der Waals surface area (Å²) in [6.45, 7) is 2.01. The van der Waals surface area contributed by atoms with E-state index in [4.69, 9.17) is 4.42 Å². The fourth-order valence-corrected chi connectivity index (χ4v) is 3.66. The molecule has 0 radical (unpaired) electrons. The molecular formula is C19H17N5O2S. The van der Waals surface area contributed by atoms with Gasteiger partial charge in [0.1, 0.15) is 12.0 Å². The summed E-state index contributed by atoms with van der Waals surface area (Å²) in [6.07, 6.45) is 1.66. The first-order valence-corrected chi connectivity index (χ1v) is 9.33. The summed E-state index contributed by atoms with van der Waals surface area (Å²) >= 11 is 1.48. The fourth-order valence-electron chi connectivity index (χ4n) is 2.74. The molecule has 0 fully saturated rings. The Kier molecular flexibility index (Phi) is 4.64. The highest BCUT2D eigenvalue weighted by Crippen LogP contribution is 2.29. The van der Waals surface area contributed by atoms with E-state index in [2.05, 4.69) is 15.4 Å². The van der Waals surface area contributed by atoms with Gasteiger partial charge >= 0.3 is 5.69 Å². The highest BCUT2D eigenvalue weighted by Gasteiger charge is 2.15. The molecule has 0 amide bonds. The predicted molar refractivity (Wildman–Crippen MR) is 103 cm³/mol. The molecule has 0 aliphatic heterocycles. The largest absolute Gasteiger partial charge is 0.439 e. The molecule has 4 aromatic rings. The summed E-state index contributed by atoms with van der Waals surface area (Å²) in [4.78, 5) is 16.8. The number of tetrazole rings is 1. The smallest absolute Gasteiger partial charge is 0.368 e. The topological polar surface area (TPSA) is 78.7 Å². The van der Waals surface area contributed by atoms with E-state index in [1.807, 2.05) is 55.5 Å². The van der Waals surface area contributed by atoms with Gasteiger partial charge < -0.3 is 4.42 Å². The first-order chi connectivity index (χ1) is 13.1. The Bertz CT molecular complexity index is 1130. The molecular weight excluding hydrogens is 362 g/mol. The van der Waals surface area contributed by atoms with E-state index in [9.17, 15) is 4.79 Å². The molecule has 27 heavy (non-hydrogen) atoms. The van der Waals surface area contributed by atoms with E-state index < -0.39 is 0 Å². The number of hydrogen-bond acceptors (Lipinski definition) is 6. The maximum atomic E-state index is 12.2. The highest BCUT2D eigenvalue weighted by molar-refractivity contribution is 7.98. The lowest BCUT2D eigenvalue weighted by Gasteiger charge is -2.10. The molecule has 8 heteroatoms. The Balaban J connectivity index is 1.60. The molecule has 0 atom stereocenters. The molecule has 2 aromatic carbocycles. The van der Waals surface area contributed by atoms with Gasteiger partial charge in [-0.15, -0.1) is 0 Å². The van der Waals surface area contributed by atoms with E-state index in [-0.39, 0.29) is 5.69 Å². The number of nitrogens with zero attached hydrogens (tertiary/aromatic N) is 5. The number of hydrogen-bond donors (Lipinski definition) is 0. The second kappa shape index (κ2) is 7.24. The fraction of sp³-hybridized carbons (Fsp3) is 0.158. The van der Waals surface area contributed by atoms with Crippen molar-refractivity contribution in [3.8, 4) is 16.9 Å². The van der Waals surface area contributed by atoms with Gasteiger partial charge in [0.25, 0.3) is 5.22 Å². The molecule has 4 rings (SSSR count). The van der Waals surface area contributed by atoms with E-state index in [1.54, 1.807) is 13.3 Å². The van der Waals surface area contributed by atoms with Gasteiger partial charge in [-0.1, -0.05) is 54.2 Å². The van der Waals surface area contributed by atoms with E-state index in [0.29, 0.717) is 11.0 Å². The standard InChI is InChI=1S/C19H17N5O2S/c1-13-7-6-10-17(24-19(25)23(2)21-22-24)15(13)12-27-18-20-16(11-26-18)14-8-4-3-5-9-14/h3-11H,12H2,1-2H3. The minimum Gasteiger partial charge on any atom is -0.439 e. The van der Waals surface area contributed by atoms with Crippen molar-refractivity contribution in [3.05, 3.63) is 76.4 Å². The summed E-state index contributed by atoms with van der Waals surface area (Å²) in [7, 11) is 1.58. The van der Waals surface area contributed by atoms with Crippen molar-refractivity contribution in [2.24, 2.45) is 7.05 Å². The minimum atomic E-state index is -0.283. The molecule has 0 aliphatic carbocycles. The number of aryl methyl sites for hydroxylation is 2. The quantitative estimate of drug-likeness (QED) is 0.496. The predicted octanol–water partition coefficient (Wildman–Crippen LogP) is 3.22. The van der Waals surface area contributed by atoms with E-state index in [1.165, 1.54) is 21.1 Å². The van der Waals surface area contributed by atoms with Crippen molar-refractivity contribution in [3.63, 3.8) is 0 Å². The highest BCUT2D eigenvalue weighted by atomic mass is 32.2. The van der Waals surface area contributed by atoms with Gasteiger partial charge in [-0.3, -0.25) is 0 Å². The molecule has 0 aliphatic rings. The van der Waals surface area contributed by atoms with Crippen molar-refractivity contribution in [2.45, 2.75) is 17.9 Å². The molecule has 0 N–H and O–H groups in total. The normalized spacial score (nSPS) is 11.0. The zero-order valence-electron chi connectivity index (χ0n) is 14.9. The third kappa shape index (κ3) is 3.43. The average molecular weight is 379 g/mol. The van der Waals surface area contributed by atoms with Crippen molar-refractivity contribution < 1.29 is 4.42 Å². The minimum absolute atomic E-state index is 0.283. The Hall–Kier alpha value is -3.13. The van der Waals surface area contributed by atoms with E-state index >= 15 is 0 Å². The van der Waals surface area contributed by atoms with Crippen LogP contribution in [0.4, 0.5) is 0 Å². The van der Waals surface area contributed by atoms with Gasteiger partial charge in [0.2, 0.25) is 0 Å². The van der Waals surface area contributed by atoms with Crippen LogP contribution < -0.4 is 5.69 Å².